The van der Waals surface area contributed by atoms with Crippen LogP contribution < -0.4 is 0 Å². The van der Waals surface area contributed by atoms with Gasteiger partial charge in [-0.1, -0.05) is 0 Å². The molecule has 100 valence electrons. The summed E-state index contributed by atoms with van der Waals surface area (Å²) in [4.78, 5) is 10.9. The average molecular weight is 264 g/mol. The van der Waals surface area contributed by atoms with Gasteiger partial charge in [0, 0.05) is 33.1 Å². The minimum absolute atomic E-state index is 0.246. The predicted octanol–water partition coefficient (Wildman–Crippen LogP) is 0.212. The van der Waals surface area contributed by atoms with Crippen molar-refractivity contribution in [1.29, 1.82) is 0 Å². The van der Waals surface area contributed by atoms with Gasteiger partial charge in [0.1, 0.15) is 0 Å². The van der Waals surface area contributed by atoms with E-state index in [1.54, 1.807) is 7.05 Å². The number of nitrogens with zero attached hydrogens (tertiary/aromatic N) is 2. The van der Waals surface area contributed by atoms with Gasteiger partial charge in [-0.05, 0) is 19.3 Å². The molecule has 0 amide bonds. The Hall–Kier alpha value is -0.660. The Morgan fingerprint density at radius 2 is 1.94 bits per heavy atom. The van der Waals surface area contributed by atoms with E-state index in [-0.39, 0.29) is 12.4 Å². The van der Waals surface area contributed by atoms with Crippen LogP contribution in [0.15, 0.2) is 0 Å². The van der Waals surface area contributed by atoms with Crippen molar-refractivity contribution in [3.05, 3.63) is 0 Å². The highest BCUT2D eigenvalue weighted by atomic mass is 32.2. The molecule has 1 fully saturated rings. The standard InChI is InChI=1S/C10H20N2O4S/c1-11(7-5-6-10(13)16-2)17(14,15)12-8-3-4-9-12/h3-9H2,1-2H3. The van der Waals surface area contributed by atoms with E-state index in [1.807, 2.05) is 0 Å². The van der Waals surface area contributed by atoms with E-state index in [4.69, 9.17) is 0 Å². The molecule has 0 N–H and O–H groups in total. The number of esters is 1. The van der Waals surface area contributed by atoms with Crippen molar-refractivity contribution in [3.8, 4) is 0 Å². The third-order valence-electron chi connectivity index (χ3n) is 2.87. The monoisotopic (exact) mass is 264 g/mol. The summed E-state index contributed by atoms with van der Waals surface area (Å²) in [7, 11) is -0.456. The van der Waals surface area contributed by atoms with Crippen LogP contribution in [0.2, 0.25) is 0 Å². The Morgan fingerprint density at radius 1 is 1.35 bits per heavy atom. The van der Waals surface area contributed by atoms with Crippen LogP contribution in [0, 0.1) is 0 Å². The van der Waals surface area contributed by atoms with Gasteiger partial charge < -0.3 is 4.74 Å². The highest BCUT2D eigenvalue weighted by molar-refractivity contribution is 7.86. The number of methoxy groups -OCH3 is 1. The van der Waals surface area contributed by atoms with Crippen molar-refractivity contribution in [2.24, 2.45) is 0 Å². The smallest absolute Gasteiger partial charge is 0.305 e. The first kappa shape index (κ1) is 14.4. The van der Waals surface area contributed by atoms with Crippen LogP contribution >= 0.6 is 0 Å². The van der Waals surface area contributed by atoms with Gasteiger partial charge in [-0.15, -0.1) is 0 Å². The Bertz CT molecular complexity index is 349. The van der Waals surface area contributed by atoms with Crippen molar-refractivity contribution in [1.82, 2.24) is 8.61 Å². The van der Waals surface area contributed by atoms with Crippen LogP contribution in [0.3, 0.4) is 0 Å². The molecule has 0 atom stereocenters. The number of carbonyl (C=O) groups excluding carboxylic acids is 1. The van der Waals surface area contributed by atoms with E-state index in [0.717, 1.165) is 12.8 Å². The molecule has 0 aromatic carbocycles. The quantitative estimate of drug-likeness (QED) is 0.643. The maximum absolute atomic E-state index is 12.0. The third-order valence-corrected chi connectivity index (χ3v) is 4.85. The molecule has 1 aliphatic rings. The normalized spacial score (nSPS) is 17.6. The van der Waals surface area contributed by atoms with Crippen LogP contribution in [0.5, 0.6) is 0 Å². The molecule has 0 radical (unpaired) electrons. The average Bonchev–Trinajstić information content (AvgIpc) is 2.82. The van der Waals surface area contributed by atoms with Gasteiger partial charge in [0.25, 0.3) is 10.2 Å². The van der Waals surface area contributed by atoms with Gasteiger partial charge in [-0.25, -0.2) is 0 Å². The fraction of sp³-hybridized carbons (Fsp3) is 0.900. The lowest BCUT2D eigenvalue weighted by molar-refractivity contribution is -0.140. The zero-order valence-electron chi connectivity index (χ0n) is 10.4. The van der Waals surface area contributed by atoms with Crippen molar-refractivity contribution >= 4 is 16.2 Å². The van der Waals surface area contributed by atoms with Gasteiger partial charge in [-0.3, -0.25) is 4.79 Å². The second-order valence-electron chi connectivity index (χ2n) is 4.12. The van der Waals surface area contributed by atoms with Crippen LogP contribution in [0.25, 0.3) is 0 Å². The molecule has 0 saturated carbocycles. The van der Waals surface area contributed by atoms with E-state index in [9.17, 15) is 13.2 Å². The van der Waals surface area contributed by atoms with E-state index in [1.165, 1.54) is 15.7 Å². The minimum Gasteiger partial charge on any atom is -0.469 e. The maximum Gasteiger partial charge on any atom is 0.305 e. The van der Waals surface area contributed by atoms with Crippen LogP contribution in [-0.4, -0.2) is 56.8 Å². The molecule has 0 spiro atoms. The molecule has 0 aromatic heterocycles. The SMILES string of the molecule is COC(=O)CCCN(C)S(=O)(=O)N1CCCC1. The lowest BCUT2D eigenvalue weighted by atomic mass is 10.3. The van der Waals surface area contributed by atoms with Crippen LogP contribution in [-0.2, 0) is 19.7 Å². The summed E-state index contributed by atoms with van der Waals surface area (Å²) in [5.74, 6) is -0.308. The molecule has 0 unspecified atom stereocenters. The zero-order chi connectivity index (χ0) is 12.9. The molecule has 1 heterocycles. The number of ether oxygens (including phenoxy) is 1. The summed E-state index contributed by atoms with van der Waals surface area (Å²) < 4.78 is 31.3. The zero-order valence-corrected chi connectivity index (χ0v) is 11.2. The maximum atomic E-state index is 12.0. The third kappa shape index (κ3) is 3.93. The molecule has 6 nitrogen and oxygen atoms in total. The summed E-state index contributed by atoms with van der Waals surface area (Å²) >= 11 is 0. The molecule has 7 heteroatoms. The van der Waals surface area contributed by atoms with Crippen LogP contribution in [0.1, 0.15) is 25.7 Å². The number of carbonyl (C=O) groups is 1. The Balaban J connectivity index is 2.40. The first-order valence-electron chi connectivity index (χ1n) is 5.76. The van der Waals surface area contributed by atoms with Crippen molar-refractivity contribution < 1.29 is 17.9 Å². The molecule has 1 aliphatic heterocycles. The number of hydrogen-bond acceptors (Lipinski definition) is 4. The highest BCUT2D eigenvalue weighted by Gasteiger charge is 2.28. The van der Waals surface area contributed by atoms with Crippen LogP contribution in [0.4, 0.5) is 0 Å². The lowest BCUT2D eigenvalue weighted by Gasteiger charge is -2.23. The Labute approximate surface area is 103 Å². The summed E-state index contributed by atoms with van der Waals surface area (Å²) in [6.45, 7) is 1.54. The number of rotatable bonds is 6. The molecule has 1 rings (SSSR count). The Morgan fingerprint density at radius 3 is 2.47 bits per heavy atom. The molecule has 0 aromatic rings. The van der Waals surface area contributed by atoms with Crippen molar-refractivity contribution in [2.75, 3.05) is 33.8 Å². The molecular formula is C10H20N2O4S. The van der Waals surface area contributed by atoms with Gasteiger partial charge >= 0.3 is 5.97 Å². The van der Waals surface area contributed by atoms with Gasteiger partial charge in [0.15, 0.2) is 0 Å². The van der Waals surface area contributed by atoms with Crippen molar-refractivity contribution in [3.63, 3.8) is 0 Å². The summed E-state index contributed by atoms with van der Waals surface area (Å²) in [5, 5.41) is 0. The lowest BCUT2D eigenvalue weighted by Crippen LogP contribution is -2.40. The molecule has 0 aliphatic carbocycles. The first-order valence-corrected chi connectivity index (χ1v) is 7.16. The van der Waals surface area contributed by atoms with Gasteiger partial charge in [0.2, 0.25) is 0 Å². The topological polar surface area (TPSA) is 66.9 Å². The van der Waals surface area contributed by atoms with Crippen molar-refractivity contribution in [2.45, 2.75) is 25.7 Å². The molecular weight excluding hydrogens is 244 g/mol. The van der Waals surface area contributed by atoms with E-state index >= 15 is 0 Å². The molecule has 1 saturated heterocycles. The first-order chi connectivity index (χ1) is 7.98. The second-order valence-corrected chi connectivity index (χ2v) is 6.15. The minimum atomic E-state index is -3.33. The van der Waals surface area contributed by atoms with Gasteiger partial charge in [0.05, 0.1) is 7.11 Å². The van der Waals surface area contributed by atoms with E-state index in [2.05, 4.69) is 4.74 Å². The molecule has 0 bridgehead atoms. The largest absolute Gasteiger partial charge is 0.469 e. The fourth-order valence-corrected chi connectivity index (χ4v) is 3.25. The van der Waals surface area contributed by atoms with E-state index in [0.29, 0.717) is 26.1 Å². The second kappa shape index (κ2) is 6.32. The fourth-order valence-electron chi connectivity index (χ4n) is 1.78. The summed E-state index contributed by atoms with van der Waals surface area (Å²) in [6.07, 6.45) is 2.58. The van der Waals surface area contributed by atoms with Gasteiger partial charge in [-0.2, -0.15) is 17.0 Å². The Kier molecular flexibility index (Phi) is 5.35. The van der Waals surface area contributed by atoms with E-state index < -0.39 is 10.2 Å². The molecule has 17 heavy (non-hydrogen) atoms. The number of hydrogen-bond donors (Lipinski definition) is 0. The summed E-state index contributed by atoms with van der Waals surface area (Å²) in [6, 6.07) is 0. The highest BCUT2D eigenvalue weighted by Crippen LogP contribution is 2.15. The summed E-state index contributed by atoms with van der Waals surface area (Å²) in [5.41, 5.74) is 0. The predicted molar refractivity (Wildman–Crippen MR) is 63.6 cm³/mol.